The fourth-order valence-electron chi connectivity index (χ4n) is 4.88. The molecule has 6 nitrogen and oxygen atoms in total. The van der Waals surface area contributed by atoms with Gasteiger partial charge in [-0.05, 0) is 68.3 Å². The molecule has 3 aromatic carbocycles. The van der Waals surface area contributed by atoms with Gasteiger partial charge in [0.15, 0.2) is 0 Å². The number of para-hydroxylation sites is 1. The predicted molar refractivity (Wildman–Crippen MR) is 168 cm³/mol. The summed E-state index contributed by atoms with van der Waals surface area (Å²) in [5, 5.41) is 12.9. The Morgan fingerprint density at radius 2 is 1.83 bits per heavy atom. The van der Waals surface area contributed by atoms with E-state index in [-0.39, 0.29) is 30.3 Å². The molecule has 4 aromatic rings. The molecule has 9 heteroatoms. The Balaban J connectivity index is 1.60. The van der Waals surface area contributed by atoms with Crippen LogP contribution in [0.1, 0.15) is 37.5 Å². The molecule has 0 bridgehead atoms. The van der Waals surface area contributed by atoms with Crippen LogP contribution < -0.4 is 4.74 Å². The maximum atomic E-state index is 14.8. The van der Waals surface area contributed by atoms with Crippen molar-refractivity contribution in [3.05, 3.63) is 111 Å². The number of esters is 1. The maximum Gasteiger partial charge on any atom is 0.344 e. The number of rotatable bonds is 9. The van der Waals surface area contributed by atoms with Gasteiger partial charge in [0.25, 0.3) is 0 Å². The Morgan fingerprint density at radius 3 is 2.52 bits per heavy atom. The zero-order chi connectivity index (χ0) is 29.8. The lowest BCUT2D eigenvalue weighted by Crippen LogP contribution is -2.12. The van der Waals surface area contributed by atoms with Gasteiger partial charge in [0.2, 0.25) is 0 Å². The van der Waals surface area contributed by atoms with E-state index in [4.69, 9.17) is 21.1 Å². The molecule has 1 aromatic heterocycles. The lowest BCUT2D eigenvalue weighted by Gasteiger charge is -2.11. The van der Waals surface area contributed by atoms with Crippen LogP contribution in [0.5, 0.6) is 5.75 Å². The van der Waals surface area contributed by atoms with Crippen molar-refractivity contribution >= 4 is 57.0 Å². The molecule has 5 rings (SSSR count). The third-order valence-corrected chi connectivity index (χ3v) is 8.19. The quantitative estimate of drug-likeness (QED) is 0.194. The minimum atomic E-state index is -0.652. The van der Waals surface area contributed by atoms with Crippen LogP contribution in [0.15, 0.2) is 88.1 Å². The van der Waals surface area contributed by atoms with E-state index in [1.165, 1.54) is 17.8 Å². The molecule has 1 N–H and O–H groups in total. The highest BCUT2D eigenvalue weighted by molar-refractivity contribution is 8.18. The first-order chi connectivity index (χ1) is 20.3. The molecule has 0 saturated heterocycles. The van der Waals surface area contributed by atoms with Crippen molar-refractivity contribution in [1.82, 2.24) is 4.57 Å². The zero-order valence-corrected chi connectivity index (χ0v) is 25.1. The van der Waals surface area contributed by atoms with Gasteiger partial charge in [-0.3, -0.25) is 0 Å². The molecule has 42 heavy (non-hydrogen) atoms. The number of benzene rings is 3. The van der Waals surface area contributed by atoms with E-state index in [1.54, 1.807) is 43.3 Å². The van der Waals surface area contributed by atoms with Gasteiger partial charge in [-0.2, -0.15) is 0 Å². The van der Waals surface area contributed by atoms with E-state index < -0.39 is 5.97 Å². The van der Waals surface area contributed by atoms with Crippen LogP contribution in [0.25, 0.3) is 17.0 Å². The van der Waals surface area contributed by atoms with Crippen molar-refractivity contribution in [3.63, 3.8) is 0 Å². The lowest BCUT2D eigenvalue weighted by molar-refractivity contribution is -0.138. The number of carbonyl (C=O) groups is 1. The van der Waals surface area contributed by atoms with Crippen molar-refractivity contribution in [2.75, 3.05) is 13.2 Å². The summed E-state index contributed by atoms with van der Waals surface area (Å²) in [5.74, 6) is -0.516. The van der Waals surface area contributed by atoms with Crippen LogP contribution in [0, 0.1) is 5.82 Å². The Kier molecular flexibility index (Phi) is 9.04. The van der Waals surface area contributed by atoms with Gasteiger partial charge in [0, 0.05) is 27.7 Å². The Labute approximate surface area is 253 Å². The number of nitrogens with zero attached hydrogens (tertiary/aromatic N) is 2. The molecule has 0 aliphatic carbocycles. The summed E-state index contributed by atoms with van der Waals surface area (Å²) < 4.78 is 27.5. The fraction of sp³-hybridized carbons (Fsp3) is 0.212. The van der Waals surface area contributed by atoms with Crippen molar-refractivity contribution in [1.29, 1.82) is 0 Å². The summed E-state index contributed by atoms with van der Waals surface area (Å²) >= 11 is 7.56. The summed E-state index contributed by atoms with van der Waals surface area (Å²) in [4.78, 5) is 18.0. The maximum absolute atomic E-state index is 14.8. The van der Waals surface area contributed by atoms with Crippen molar-refractivity contribution in [3.8, 4) is 5.75 Å². The number of thioether (sulfide) groups is 1. The average molecular weight is 605 g/mol. The molecule has 0 fully saturated rings. The average Bonchev–Trinajstić information content (AvgIpc) is 3.48. The Hall–Kier alpha value is -4.01. The SMILES string of the molecule is CCOC(=O)C1=C(O)/C(=C/c2cn(Cc3c(F)cccc3Cl)c3c(CC)cccc23)SC1=Nc1ccc(OCC)cc1. The number of hydrogen-bond acceptors (Lipinski definition) is 6. The monoisotopic (exact) mass is 604 g/mol. The minimum absolute atomic E-state index is 0.0121. The number of aromatic nitrogens is 1. The molecule has 0 atom stereocenters. The second-order valence-corrected chi connectivity index (χ2v) is 10.9. The minimum Gasteiger partial charge on any atom is -0.506 e. The van der Waals surface area contributed by atoms with Crippen LogP contribution in [-0.4, -0.2) is 33.9 Å². The van der Waals surface area contributed by atoms with Crippen LogP contribution in [0.3, 0.4) is 0 Å². The number of aliphatic hydroxyl groups excluding tert-OH is 1. The molecule has 2 heterocycles. The molecule has 0 radical (unpaired) electrons. The van der Waals surface area contributed by atoms with Gasteiger partial charge in [-0.1, -0.05) is 54.6 Å². The Bertz CT molecular complexity index is 1720. The standard InChI is InChI=1S/C33H30ClFN2O4S/c1-4-20-9-7-10-24-21(18-37(30(20)24)19-25-26(34)11-8-12-27(25)35)17-28-31(38)29(33(39)41-6-3)32(42-28)36-22-13-15-23(16-14-22)40-5-2/h7-18,38H,4-6,19H2,1-3H3/b28-17-,36-32?. The highest BCUT2D eigenvalue weighted by atomic mass is 35.5. The van der Waals surface area contributed by atoms with Gasteiger partial charge < -0.3 is 19.1 Å². The predicted octanol–water partition coefficient (Wildman–Crippen LogP) is 8.64. The van der Waals surface area contributed by atoms with Crippen LogP contribution >= 0.6 is 23.4 Å². The number of hydrogen-bond donors (Lipinski definition) is 1. The number of ether oxygens (including phenoxy) is 2. The molecule has 216 valence electrons. The second kappa shape index (κ2) is 12.9. The second-order valence-electron chi connectivity index (χ2n) is 9.48. The molecular weight excluding hydrogens is 575 g/mol. The van der Waals surface area contributed by atoms with E-state index in [0.29, 0.717) is 38.6 Å². The molecule has 0 saturated carbocycles. The number of aliphatic imine (C=N–C) groups is 1. The first-order valence-corrected chi connectivity index (χ1v) is 14.9. The Morgan fingerprint density at radius 1 is 1.07 bits per heavy atom. The van der Waals surface area contributed by atoms with E-state index in [1.807, 2.05) is 42.0 Å². The normalized spacial score (nSPS) is 15.3. The molecule has 1 aliphatic heterocycles. The van der Waals surface area contributed by atoms with E-state index >= 15 is 0 Å². The molecule has 0 unspecified atom stereocenters. The number of aryl methyl sites for hydroxylation is 1. The number of fused-ring (bicyclic) bond motifs is 1. The smallest absolute Gasteiger partial charge is 0.344 e. The number of aliphatic hydroxyl groups is 1. The van der Waals surface area contributed by atoms with Crippen molar-refractivity contribution < 1.29 is 23.8 Å². The zero-order valence-electron chi connectivity index (χ0n) is 23.5. The van der Waals surface area contributed by atoms with Gasteiger partial charge in [0.05, 0.1) is 35.9 Å². The van der Waals surface area contributed by atoms with Crippen molar-refractivity contribution in [2.45, 2.75) is 33.7 Å². The summed E-state index contributed by atoms with van der Waals surface area (Å²) in [6.45, 7) is 6.62. The van der Waals surface area contributed by atoms with Crippen molar-refractivity contribution in [2.24, 2.45) is 4.99 Å². The molecular formula is C33H30ClFN2O4S. The molecule has 1 aliphatic rings. The van der Waals surface area contributed by atoms with E-state index in [2.05, 4.69) is 11.9 Å². The highest BCUT2D eigenvalue weighted by Crippen LogP contribution is 2.41. The molecule has 0 spiro atoms. The van der Waals surface area contributed by atoms with Gasteiger partial charge in [-0.25, -0.2) is 14.2 Å². The first kappa shape index (κ1) is 29.5. The van der Waals surface area contributed by atoms with E-state index in [9.17, 15) is 14.3 Å². The molecule has 0 amide bonds. The summed E-state index contributed by atoms with van der Waals surface area (Å²) in [6, 6.07) is 17.8. The van der Waals surface area contributed by atoms with E-state index in [0.717, 1.165) is 28.5 Å². The summed E-state index contributed by atoms with van der Waals surface area (Å²) in [7, 11) is 0. The summed E-state index contributed by atoms with van der Waals surface area (Å²) in [5.41, 5.74) is 3.85. The first-order valence-electron chi connectivity index (χ1n) is 13.7. The fourth-order valence-corrected chi connectivity index (χ4v) is 6.13. The number of carbonyl (C=O) groups excluding carboxylic acids is 1. The largest absolute Gasteiger partial charge is 0.506 e. The van der Waals surface area contributed by atoms with Crippen LogP contribution in [-0.2, 0) is 22.5 Å². The third-order valence-electron chi connectivity index (χ3n) is 6.82. The summed E-state index contributed by atoms with van der Waals surface area (Å²) in [6.07, 6.45) is 4.51. The van der Waals surface area contributed by atoms with Crippen LogP contribution in [0.2, 0.25) is 5.02 Å². The topological polar surface area (TPSA) is 73.0 Å². The highest BCUT2D eigenvalue weighted by Gasteiger charge is 2.33. The lowest BCUT2D eigenvalue weighted by atomic mass is 10.1. The van der Waals surface area contributed by atoms with Gasteiger partial charge >= 0.3 is 5.97 Å². The third kappa shape index (κ3) is 5.96. The van der Waals surface area contributed by atoms with Gasteiger partial charge in [0.1, 0.15) is 27.9 Å². The van der Waals surface area contributed by atoms with Crippen LogP contribution in [0.4, 0.5) is 10.1 Å². The van der Waals surface area contributed by atoms with Gasteiger partial charge in [-0.15, -0.1) is 0 Å². The number of halogens is 2.